The van der Waals surface area contributed by atoms with Crippen molar-refractivity contribution in [3.05, 3.63) is 150 Å². The van der Waals surface area contributed by atoms with Crippen LogP contribution in [0.1, 0.15) is 36.6 Å². The summed E-state index contributed by atoms with van der Waals surface area (Å²) in [7, 11) is -9.89. The van der Waals surface area contributed by atoms with Gasteiger partial charge >= 0.3 is 22.9 Å². The third-order valence-corrected chi connectivity index (χ3v) is 6.74. The molecule has 13 N–H and O–H groups in total. The van der Waals surface area contributed by atoms with Crippen molar-refractivity contribution < 1.29 is 90.9 Å². The van der Waals surface area contributed by atoms with Crippen molar-refractivity contribution in [2.75, 3.05) is 0 Å². The Kier molecular flexibility index (Phi) is 28.8. The Morgan fingerprint density at radius 2 is 0.881 bits per heavy atom. The Bertz CT molecular complexity index is 2580. The molecule has 0 fully saturated rings. The zero-order valence-electron chi connectivity index (χ0n) is 34.7. The number of aromatic nitrogens is 6. The fourth-order valence-corrected chi connectivity index (χ4v) is 4.37. The molecule has 0 amide bonds. The molecule has 67 heavy (non-hydrogen) atoms. The number of nitrogens with zero attached hydrogens (tertiary/aromatic N) is 11. The first kappa shape index (κ1) is 61.5. The number of nitrogens with one attached hydrogen (secondary N) is 2. The minimum Gasteiger partial charge on any atom is -0.462 e. The van der Waals surface area contributed by atoms with Crippen molar-refractivity contribution in [2.24, 2.45) is 27.4 Å². The molecule has 6 heterocycles. The molecular weight excluding hydrogens is 966 g/mol. The van der Waals surface area contributed by atoms with Crippen LogP contribution in [0.25, 0.3) is 39.6 Å². The quantitative estimate of drug-likeness (QED) is 0.0295. The van der Waals surface area contributed by atoms with Gasteiger partial charge in [0, 0.05) is 26.2 Å². The van der Waals surface area contributed by atoms with E-state index in [1.54, 1.807) is 85.2 Å². The number of nitrogen functional groups attached to an aromatic ring is 1. The Labute approximate surface area is 395 Å². The molecular formula is C38H39Cl2MnN16O10+. The van der Waals surface area contributed by atoms with Gasteiger partial charge in [-0.3, -0.25) is 15.7 Å². The van der Waals surface area contributed by atoms with E-state index in [9.17, 15) is 5.41 Å². The van der Waals surface area contributed by atoms with Gasteiger partial charge in [0.15, 0.2) is 11.5 Å². The van der Waals surface area contributed by atoms with Crippen molar-refractivity contribution >= 4 is 23.3 Å². The number of halogens is 2. The Hall–Kier alpha value is -7.54. The summed E-state index contributed by atoms with van der Waals surface area (Å²) in [5, 5.41) is 36.3. The second-order valence-corrected chi connectivity index (χ2v) is 12.8. The van der Waals surface area contributed by atoms with Crippen molar-refractivity contribution in [3.8, 4) is 46.3 Å². The molecule has 351 valence electrons. The van der Waals surface area contributed by atoms with Crippen molar-refractivity contribution in [2.45, 2.75) is 13.8 Å². The average Bonchev–Trinajstić information content (AvgIpc) is 3.27. The topological polar surface area (TPSA) is 525 Å². The number of nitrogens with two attached hydrogens (primary N) is 3. The van der Waals surface area contributed by atoms with Gasteiger partial charge in [-0.1, -0.05) is 41.5 Å². The van der Waals surface area contributed by atoms with E-state index in [0.717, 1.165) is 5.69 Å². The second kappa shape index (κ2) is 31.4. The Morgan fingerprint density at radius 3 is 1.27 bits per heavy atom. The van der Waals surface area contributed by atoms with E-state index in [0.29, 0.717) is 45.6 Å². The van der Waals surface area contributed by atoms with Crippen LogP contribution in [0, 0.1) is 43.1 Å². The van der Waals surface area contributed by atoms with Gasteiger partial charge in [0.25, 0.3) is 0 Å². The maximum Gasteiger partial charge on any atom is 2.00 e. The zero-order chi connectivity index (χ0) is 47.7. The van der Waals surface area contributed by atoms with Crippen LogP contribution < -0.4 is 65.0 Å². The molecule has 0 bridgehead atoms. The first-order valence-corrected chi connectivity index (χ1v) is 19.7. The van der Waals surface area contributed by atoms with Gasteiger partial charge in [0.2, 0.25) is 0 Å². The van der Waals surface area contributed by atoms with Crippen molar-refractivity contribution in [3.63, 3.8) is 0 Å². The molecule has 0 aliphatic carbocycles. The number of amidine groups is 4. The Morgan fingerprint density at radius 1 is 0.567 bits per heavy atom. The maximum atomic E-state index is 10.6. The van der Waals surface area contributed by atoms with Crippen LogP contribution in [-0.4, -0.2) is 58.7 Å². The minimum atomic E-state index is -4.94. The van der Waals surface area contributed by atoms with Crippen LogP contribution in [0.5, 0.6) is 0 Å². The molecule has 0 saturated heterocycles. The van der Waals surface area contributed by atoms with Crippen LogP contribution in [0.4, 0.5) is 0 Å². The van der Waals surface area contributed by atoms with E-state index in [2.05, 4.69) is 50.6 Å². The van der Waals surface area contributed by atoms with Crippen LogP contribution in [-0.2, 0) is 22.5 Å². The molecule has 29 heteroatoms. The molecule has 0 spiro atoms. The predicted molar refractivity (Wildman–Crippen MR) is 215 cm³/mol. The number of pyridine rings is 6. The number of rotatable bonds is 9. The third-order valence-electron chi connectivity index (χ3n) is 6.74. The molecule has 0 aromatic carbocycles. The van der Waals surface area contributed by atoms with E-state index in [1.807, 2.05) is 48.5 Å². The summed E-state index contributed by atoms with van der Waals surface area (Å²) in [6, 6.07) is 35.6. The molecule has 0 unspecified atom stereocenters. The van der Waals surface area contributed by atoms with E-state index in [4.69, 9.17) is 65.0 Å². The second-order valence-electron chi connectivity index (χ2n) is 11.2. The minimum absolute atomic E-state index is 0. The molecule has 6 rings (SSSR count). The van der Waals surface area contributed by atoms with Crippen molar-refractivity contribution in [1.82, 2.24) is 35.3 Å². The molecule has 0 aliphatic rings. The smallest absolute Gasteiger partial charge is 0.462 e. The summed E-state index contributed by atoms with van der Waals surface area (Å²) >= 11 is 0. The summed E-state index contributed by atoms with van der Waals surface area (Å²) in [5.74, 6) is 0.0232. The summed E-state index contributed by atoms with van der Waals surface area (Å²) in [4.78, 5) is 26.8. The summed E-state index contributed by atoms with van der Waals surface area (Å²) in [6.07, 6.45) is 3.37. The monoisotopic (exact) mass is 1000 g/mol. The van der Waals surface area contributed by atoms with E-state index < -0.39 is 20.5 Å². The van der Waals surface area contributed by atoms with Gasteiger partial charge in [0.05, 0.1) is 52.0 Å². The molecule has 0 saturated carbocycles. The molecule has 6 aromatic heterocycles. The standard InChI is InChI=1S/C34H27N14.2C2H3N.2ClHO4.Mn.2H2O/c35-31(27-15-5-11-23(41-27)21-9-1-3-19-39-21)45-47-33(37)29-17-7-13-25(43-29)26-14-8-18-30(44-26)34(38)48-46-32(36)28-16-6-12-24(42-28)22-10-2-4-20-40-22;2*1-2-3;2*2-1(3,4)5;;;/h1-20H,(H7-,35,36,37,38,45,46,47,48);2*1H3;2*(H,2,3,4,5);;2*1H2/q-1;;;;;+2;;. The number of hydrogen-bond acceptors (Lipinski definition) is 18. The normalized spacial score (nSPS) is 10.7. The fourth-order valence-electron chi connectivity index (χ4n) is 4.37. The number of nitriles is 2. The molecule has 0 aliphatic heterocycles. The van der Waals surface area contributed by atoms with Crippen LogP contribution in [0.2, 0.25) is 0 Å². The maximum absolute atomic E-state index is 10.6. The predicted octanol–water partition coefficient (Wildman–Crippen LogP) is -8.81. The van der Waals surface area contributed by atoms with E-state index in [1.165, 1.54) is 13.8 Å². The van der Waals surface area contributed by atoms with Crippen LogP contribution in [0.3, 0.4) is 0 Å². The SMILES string of the molecule is CC#N.CC#N.O.[Mn+2].[N-]=C(N/N=C(\N)c1cccc(-c2cccc(/C(N)=N/[NH+]=C(\N)c3cccc(-c4ccccn4)n3)n2)n1)c1cccc(-c2ccccn2)n1.[O-][Cl+3]([O-])([O-])[O-].[O-][Cl+3]([O-])([O-])[O-].[OH3+]. The molecule has 26 nitrogen and oxygen atoms in total. The van der Waals surface area contributed by atoms with Gasteiger partial charge < -0.3 is 33.3 Å². The number of hydrazone groups is 2. The average molecular weight is 1010 g/mol. The van der Waals surface area contributed by atoms with Gasteiger partial charge in [-0.05, 0) is 78.6 Å². The van der Waals surface area contributed by atoms with Crippen molar-refractivity contribution in [1.29, 1.82) is 10.5 Å². The van der Waals surface area contributed by atoms with E-state index >= 15 is 0 Å². The van der Waals surface area contributed by atoms with Gasteiger partial charge in [-0.25, -0.2) is 62.3 Å². The first-order chi connectivity index (χ1) is 30.3. The first-order valence-electron chi connectivity index (χ1n) is 17.2. The Balaban J connectivity index is 0. The van der Waals surface area contributed by atoms with Gasteiger partial charge in [-0.15, -0.1) is 25.6 Å². The summed E-state index contributed by atoms with van der Waals surface area (Å²) in [5.41, 5.74) is 26.4. The molecule has 1 radical (unpaired) electrons. The molecule has 0 atom stereocenters. The fraction of sp³-hybridized carbons (Fsp3) is 0.0526. The van der Waals surface area contributed by atoms with Crippen LogP contribution >= 0.6 is 0 Å². The summed E-state index contributed by atoms with van der Waals surface area (Å²) < 4.78 is 67.9. The van der Waals surface area contributed by atoms with E-state index in [-0.39, 0.29) is 57.1 Å². The van der Waals surface area contributed by atoms with Gasteiger partial charge in [-0.2, -0.15) is 10.5 Å². The van der Waals surface area contributed by atoms with Crippen LogP contribution in [0.15, 0.2) is 132 Å². The third kappa shape index (κ3) is 24.9. The number of hydrogen-bond donors (Lipinski definition) is 5. The summed E-state index contributed by atoms with van der Waals surface area (Å²) in [6.45, 7) is 2.86. The zero-order valence-corrected chi connectivity index (χ0v) is 37.4. The largest absolute Gasteiger partial charge is 2.00 e. The molecule has 6 aromatic rings. The van der Waals surface area contributed by atoms with Gasteiger partial charge in [0.1, 0.15) is 17.2 Å².